The van der Waals surface area contributed by atoms with Crippen LogP contribution in [0.5, 0.6) is 0 Å². The molecule has 0 fully saturated rings. The van der Waals surface area contributed by atoms with Crippen molar-refractivity contribution in [3.05, 3.63) is 59.8 Å². The number of halogens is 1. The first-order valence-corrected chi connectivity index (χ1v) is 6.29. The number of carbonyl (C=O) groups excluding carboxylic acids is 2. The maximum Gasteiger partial charge on any atom is 0.303 e. The van der Waals surface area contributed by atoms with Crippen molar-refractivity contribution in [1.29, 1.82) is 0 Å². The Morgan fingerprint density at radius 2 is 2.05 bits per heavy atom. The maximum atomic E-state index is 13.8. The highest BCUT2D eigenvalue weighted by atomic mass is 19.1. The molecule has 1 N–H and O–H groups in total. The van der Waals surface area contributed by atoms with Crippen molar-refractivity contribution in [2.24, 2.45) is 0 Å². The Morgan fingerprint density at radius 1 is 1.29 bits per heavy atom. The molecule has 1 atom stereocenters. The third kappa shape index (κ3) is 3.92. The molecular formula is C15H14FNO4. The predicted octanol–water partition coefficient (Wildman–Crippen LogP) is 2.34. The SMILES string of the molecule is CC(=O)OC(C(=O)NCc1ccco1)c1ccccc1F. The molecule has 1 amide bonds. The Bertz CT molecular complexity index is 624. The first-order chi connectivity index (χ1) is 10.1. The van der Waals surface area contributed by atoms with Crippen molar-refractivity contribution in [2.45, 2.75) is 19.6 Å². The Balaban J connectivity index is 2.13. The van der Waals surface area contributed by atoms with Crippen LogP contribution >= 0.6 is 0 Å². The van der Waals surface area contributed by atoms with Gasteiger partial charge in [-0.25, -0.2) is 4.39 Å². The summed E-state index contributed by atoms with van der Waals surface area (Å²) in [7, 11) is 0. The van der Waals surface area contributed by atoms with Gasteiger partial charge in [0.05, 0.1) is 12.8 Å². The molecule has 0 bridgehead atoms. The minimum atomic E-state index is -1.33. The van der Waals surface area contributed by atoms with Gasteiger partial charge in [0, 0.05) is 12.5 Å². The number of hydrogen-bond acceptors (Lipinski definition) is 4. The van der Waals surface area contributed by atoms with Gasteiger partial charge >= 0.3 is 5.97 Å². The van der Waals surface area contributed by atoms with Crippen molar-refractivity contribution in [2.75, 3.05) is 0 Å². The van der Waals surface area contributed by atoms with Crippen molar-refractivity contribution in [3.8, 4) is 0 Å². The summed E-state index contributed by atoms with van der Waals surface area (Å²) in [5.74, 6) is -1.36. The number of hydrogen-bond donors (Lipinski definition) is 1. The van der Waals surface area contributed by atoms with Crippen LogP contribution in [0.4, 0.5) is 4.39 Å². The lowest BCUT2D eigenvalue weighted by Gasteiger charge is -2.17. The molecule has 1 aromatic carbocycles. The Morgan fingerprint density at radius 3 is 2.67 bits per heavy atom. The quantitative estimate of drug-likeness (QED) is 0.858. The highest BCUT2D eigenvalue weighted by molar-refractivity contribution is 5.84. The predicted molar refractivity (Wildman–Crippen MR) is 71.5 cm³/mol. The zero-order valence-electron chi connectivity index (χ0n) is 11.3. The van der Waals surface area contributed by atoms with E-state index in [0.717, 1.165) is 6.92 Å². The number of carbonyl (C=O) groups is 2. The number of rotatable bonds is 5. The number of amides is 1. The summed E-state index contributed by atoms with van der Waals surface area (Å²) >= 11 is 0. The van der Waals surface area contributed by atoms with E-state index < -0.39 is 23.8 Å². The monoisotopic (exact) mass is 291 g/mol. The van der Waals surface area contributed by atoms with E-state index in [1.807, 2.05) is 0 Å². The molecule has 0 saturated heterocycles. The van der Waals surface area contributed by atoms with E-state index in [1.165, 1.54) is 24.5 Å². The van der Waals surface area contributed by atoms with Crippen LogP contribution < -0.4 is 5.32 Å². The van der Waals surface area contributed by atoms with Crippen molar-refractivity contribution in [1.82, 2.24) is 5.32 Å². The largest absolute Gasteiger partial charge is 0.467 e. The second-order valence-electron chi connectivity index (χ2n) is 4.31. The first kappa shape index (κ1) is 14.8. The van der Waals surface area contributed by atoms with Crippen LogP contribution in [0, 0.1) is 5.82 Å². The van der Waals surface area contributed by atoms with E-state index in [-0.39, 0.29) is 12.1 Å². The Labute approximate surface area is 120 Å². The zero-order valence-corrected chi connectivity index (χ0v) is 11.3. The fraction of sp³-hybridized carbons (Fsp3) is 0.200. The molecule has 0 spiro atoms. The molecule has 0 aliphatic carbocycles. The summed E-state index contributed by atoms with van der Waals surface area (Å²) in [6, 6.07) is 9.02. The summed E-state index contributed by atoms with van der Waals surface area (Å²) in [6.07, 6.45) is 0.140. The summed E-state index contributed by atoms with van der Waals surface area (Å²) in [5.41, 5.74) is 0.00430. The molecule has 6 heteroatoms. The van der Waals surface area contributed by atoms with Crippen molar-refractivity contribution >= 4 is 11.9 Å². The lowest BCUT2D eigenvalue weighted by Crippen LogP contribution is -2.31. The second kappa shape index (κ2) is 6.69. The van der Waals surface area contributed by atoms with Gasteiger partial charge in [0.25, 0.3) is 5.91 Å². The molecule has 1 unspecified atom stereocenters. The van der Waals surface area contributed by atoms with Gasteiger partial charge in [0.1, 0.15) is 11.6 Å². The Kier molecular flexibility index (Phi) is 4.71. The molecule has 110 valence electrons. The molecule has 21 heavy (non-hydrogen) atoms. The van der Waals surface area contributed by atoms with Crippen LogP contribution in [0.1, 0.15) is 24.4 Å². The van der Waals surface area contributed by atoms with Crippen molar-refractivity contribution < 1.29 is 23.1 Å². The summed E-state index contributed by atoms with van der Waals surface area (Å²) < 4.78 is 23.8. The number of benzene rings is 1. The minimum absolute atomic E-state index is 0.00430. The van der Waals surface area contributed by atoms with Crippen LogP contribution in [-0.4, -0.2) is 11.9 Å². The van der Waals surface area contributed by atoms with Gasteiger partial charge in [-0.3, -0.25) is 9.59 Å². The first-order valence-electron chi connectivity index (χ1n) is 6.29. The van der Waals surface area contributed by atoms with Crippen LogP contribution in [-0.2, 0) is 20.9 Å². The van der Waals surface area contributed by atoms with E-state index in [4.69, 9.17) is 9.15 Å². The highest BCUT2D eigenvalue weighted by Gasteiger charge is 2.26. The second-order valence-corrected chi connectivity index (χ2v) is 4.31. The maximum absolute atomic E-state index is 13.8. The van der Waals surface area contributed by atoms with Gasteiger partial charge in [-0.15, -0.1) is 0 Å². The molecule has 2 rings (SSSR count). The molecule has 1 aromatic heterocycles. The van der Waals surface area contributed by atoms with Crippen LogP contribution in [0.15, 0.2) is 47.1 Å². The minimum Gasteiger partial charge on any atom is -0.467 e. The molecule has 2 aromatic rings. The van der Waals surface area contributed by atoms with Gasteiger partial charge < -0.3 is 14.5 Å². The number of esters is 1. The van der Waals surface area contributed by atoms with E-state index in [2.05, 4.69) is 5.32 Å². The topological polar surface area (TPSA) is 68.5 Å². The van der Waals surface area contributed by atoms with Gasteiger partial charge in [-0.1, -0.05) is 18.2 Å². The molecular weight excluding hydrogens is 277 g/mol. The van der Waals surface area contributed by atoms with E-state index >= 15 is 0 Å². The third-order valence-electron chi connectivity index (χ3n) is 2.73. The lowest BCUT2D eigenvalue weighted by molar-refractivity contribution is -0.154. The molecule has 0 aliphatic rings. The fourth-order valence-electron chi connectivity index (χ4n) is 1.79. The average Bonchev–Trinajstić information content (AvgIpc) is 2.96. The smallest absolute Gasteiger partial charge is 0.303 e. The molecule has 0 radical (unpaired) electrons. The molecule has 0 aliphatic heterocycles. The van der Waals surface area contributed by atoms with E-state index in [0.29, 0.717) is 5.76 Å². The summed E-state index contributed by atoms with van der Waals surface area (Å²) in [4.78, 5) is 23.3. The third-order valence-corrected chi connectivity index (χ3v) is 2.73. The Hall–Kier alpha value is -2.63. The standard InChI is InChI=1S/C15H14FNO4/c1-10(18)21-14(12-6-2-3-7-13(12)16)15(19)17-9-11-5-4-8-20-11/h2-8,14H,9H2,1H3,(H,17,19). The summed E-state index contributed by atoms with van der Waals surface area (Å²) in [6.45, 7) is 1.28. The van der Waals surface area contributed by atoms with E-state index in [9.17, 15) is 14.0 Å². The normalized spacial score (nSPS) is 11.7. The van der Waals surface area contributed by atoms with Gasteiger partial charge in [0.15, 0.2) is 0 Å². The van der Waals surface area contributed by atoms with E-state index in [1.54, 1.807) is 18.2 Å². The fourth-order valence-corrected chi connectivity index (χ4v) is 1.79. The molecule has 1 heterocycles. The zero-order chi connectivity index (χ0) is 15.2. The van der Waals surface area contributed by atoms with Gasteiger partial charge in [0.2, 0.25) is 6.10 Å². The average molecular weight is 291 g/mol. The van der Waals surface area contributed by atoms with Crippen LogP contribution in [0.3, 0.4) is 0 Å². The summed E-state index contributed by atoms with van der Waals surface area (Å²) in [5, 5.41) is 2.54. The number of nitrogens with one attached hydrogen (secondary N) is 1. The molecule has 0 saturated carbocycles. The molecule has 5 nitrogen and oxygen atoms in total. The van der Waals surface area contributed by atoms with Crippen LogP contribution in [0.2, 0.25) is 0 Å². The number of ether oxygens (including phenoxy) is 1. The lowest BCUT2D eigenvalue weighted by atomic mass is 10.1. The van der Waals surface area contributed by atoms with Gasteiger partial charge in [-0.2, -0.15) is 0 Å². The highest BCUT2D eigenvalue weighted by Crippen LogP contribution is 2.21. The van der Waals surface area contributed by atoms with Crippen LogP contribution in [0.25, 0.3) is 0 Å². The van der Waals surface area contributed by atoms with Crippen molar-refractivity contribution in [3.63, 3.8) is 0 Å². The van der Waals surface area contributed by atoms with Gasteiger partial charge in [-0.05, 0) is 18.2 Å². The number of furan rings is 1.